The van der Waals surface area contributed by atoms with Crippen molar-refractivity contribution in [1.29, 1.82) is 0 Å². The summed E-state index contributed by atoms with van der Waals surface area (Å²) in [7, 11) is 0. The number of nitrogens with two attached hydrogens (primary N) is 1. The molecule has 0 saturated heterocycles. The molecule has 1 aromatic heterocycles. The number of benzene rings is 2. The van der Waals surface area contributed by atoms with Gasteiger partial charge in [0.2, 0.25) is 0 Å². The van der Waals surface area contributed by atoms with Crippen LogP contribution in [0, 0.1) is 20.8 Å². The second kappa shape index (κ2) is 6.05. The average molecular weight is 309 g/mol. The molecule has 3 aromatic rings. The normalized spacial score (nSPS) is 11.3. The Balaban J connectivity index is 2.23. The Morgan fingerprint density at radius 2 is 1.78 bits per heavy atom. The molecular formula is C19H23N3O. The van der Waals surface area contributed by atoms with Crippen LogP contribution in [0.4, 0.5) is 5.69 Å². The van der Waals surface area contributed by atoms with E-state index in [4.69, 9.17) is 10.7 Å². The predicted octanol–water partition coefficient (Wildman–Crippen LogP) is 3.59. The number of aliphatic hydroxyl groups is 1. The van der Waals surface area contributed by atoms with E-state index >= 15 is 0 Å². The molecule has 23 heavy (non-hydrogen) atoms. The fraction of sp³-hybridized carbons (Fsp3) is 0.316. The number of rotatable bonds is 4. The van der Waals surface area contributed by atoms with Crippen molar-refractivity contribution in [3.8, 4) is 11.4 Å². The largest absolute Gasteiger partial charge is 0.398 e. The first-order chi connectivity index (χ1) is 11.0. The molecule has 0 aliphatic rings. The van der Waals surface area contributed by atoms with Crippen LogP contribution in [0.3, 0.4) is 0 Å². The summed E-state index contributed by atoms with van der Waals surface area (Å²) in [4.78, 5) is 4.83. The van der Waals surface area contributed by atoms with Gasteiger partial charge in [-0.15, -0.1) is 0 Å². The predicted molar refractivity (Wildman–Crippen MR) is 95.5 cm³/mol. The van der Waals surface area contributed by atoms with Crippen LogP contribution in [-0.4, -0.2) is 21.3 Å². The van der Waals surface area contributed by atoms with Crippen LogP contribution in [0.2, 0.25) is 0 Å². The molecule has 1 heterocycles. The molecule has 0 aliphatic carbocycles. The van der Waals surface area contributed by atoms with E-state index in [0.717, 1.165) is 40.2 Å². The van der Waals surface area contributed by atoms with Crippen LogP contribution in [0.15, 0.2) is 30.3 Å². The number of nitrogen functional groups attached to an aromatic ring is 1. The van der Waals surface area contributed by atoms with Gasteiger partial charge in [-0.05, 0) is 62.1 Å². The van der Waals surface area contributed by atoms with E-state index in [9.17, 15) is 5.11 Å². The maximum atomic E-state index is 9.22. The molecule has 0 spiro atoms. The standard InChI is InChI=1S/C19H23N3O/c1-12-5-6-15(11-16(12)20)19-21-17-9-13(2)14(3)10-18(17)22(19)7-4-8-23/h5-6,9-11,23H,4,7-8,20H2,1-3H3. The minimum atomic E-state index is 0.167. The lowest BCUT2D eigenvalue weighted by Crippen LogP contribution is -2.03. The molecule has 0 bridgehead atoms. The molecule has 3 rings (SSSR count). The summed E-state index contributed by atoms with van der Waals surface area (Å²) in [5.41, 5.74) is 13.5. The number of aryl methyl sites for hydroxylation is 4. The van der Waals surface area contributed by atoms with E-state index in [-0.39, 0.29) is 6.61 Å². The first-order valence-electron chi connectivity index (χ1n) is 7.96. The number of nitrogens with zero attached hydrogens (tertiary/aromatic N) is 2. The number of aliphatic hydroxyl groups excluding tert-OH is 1. The van der Waals surface area contributed by atoms with E-state index in [1.807, 2.05) is 19.1 Å². The van der Waals surface area contributed by atoms with Gasteiger partial charge in [0.15, 0.2) is 0 Å². The molecular weight excluding hydrogens is 286 g/mol. The highest BCUT2D eigenvalue weighted by atomic mass is 16.3. The van der Waals surface area contributed by atoms with Crippen LogP contribution < -0.4 is 5.73 Å². The third-order valence-electron chi connectivity index (χ3n) is 4.44. The minimum absolute atomic E-state index is 0.167. The quantitative estimate of drug-likeness (QED) is 0.724. The van der Waals surface area contributed by atoms with Gasteiger partial charge in [-0.25, -0.2) is 4.98 Å². The SMILES string of the molecule is Cc1cc2nc(-c3ccc(C)c(N)c3)n(CCCO)c2cc1C. The highest BCUT2D eigenvalue weighted by molar-refractivity contribution is 5.82. The van der Waals surface area contributed by atoms with Crippen molar-refractivity contribution in [2.45, 2.75) is 33.7 Å². The fourth-order valence-electron chi connectivity index (χ4n) is 2.84. The van der Waals surface area contributed by atoms with Gasteiger partial charge < -0.3 is 15.4 Å². The van der Waals surface area contributed by atoms with E-state index < -0.39 is 0 Å². The number of fused-ring (bicyclic) bond motifs is 1. The Morgan fingerprint density at radius 3 is 2.48 bits per heavy atom. The molecule has 0 atom stereocenters. The second-order valence-corrected chi connectivity index (χ2v) is 6.16. The topological polar surface area (TPSA) is 64.1 Å². The molecule has 0 amide bonds. The smallest absolute Gasteiger partial charge is 0.141 e. The lowest BCUT2D eigenvalue weighted by atomic mass is 10.1. The first-order valence-corrected chi connectivity index (χ1v) is 7.96. The van der Waals surface area contributed by atoms with E-state index in [2.05, 4.69) is 36.6 Å². The lowest BCUT2D eigenvalue weighted by molar-refractivity contribution is 0.281. The Morgan fingerprint density at radius 1 is 1.04 bits per heavy atom. The van der Waals surface area contributed by atoms with Crippen molar-refractivity contribution in [2.24, 2.45) is 0 Å². The van der Waals surface area contributed by atoms with Crippen molar-refractivity contribution < 1.29 is 5.11 Å². The van der Waals surface area contributed by atoms with Gasteiger partial charge in [0.25, 0.3) is 0 Å². The van der Waals surface area contributed by atoms with Gasteiger partial charge in [0.1, 0.15) is 5.82 Å². The minimum Gasteiger partial charge on any atom is -0.398 e. The maximum absolute atomic E-state index is 9.22. The first kappa shape index (κ1) is 15.6. The van der Waals surface area contributed by atoms with Crippen molar-refractivity contribution in [3.05, 3.63) is 47.0 Å². The third-order valence-corrected chi connectivity index (χ3v) is 4.44. The number of hydrogen-bond acceptors (Lipinski definition) is 3. The van der Waals surface area contributed by atoms with Crippen LogP contribution in [0.5, 0.6) is 0 Å². The number of hydrogen-bond donors (Lipinski definition) is 2. The Hall–Kier alpha value is -2.33. The summed E-state index contributed by atoms with van der Waals surface area (Å²) in [6.07, 6.45) is 0.701. The van der Waals surface area contributed by atoms with Crippen molar-refractivity contribution in [2.75, 3.05) is 12.3 Å². The average Bonchev–Trinajstić information content (AvgIpc) is 2.86. The highest BCUT2D eigenvalue weighted by Gasteiger charge is 2.14. The number of aromatic nitrogens is 2. The van der Waals surface area contributed by atoms with Crippen LogP contribution >= 0.6 is 0 Å². The number of anilines is 1. The molecule has 3 N–H and O–H groups in total. The molecule has 0 aliphatic heterocycles. The van der Waals surface area contributed by atoms with Crippen LogP contribution in [0.25, 0.3) is 22.4 Å². The van der Waals surface area contributed by atoms with Crippen molar-refractivity contribution >= 4 is 16.7 Å². The Kier molecular flexibility index (Phi) is 4.09. The molecule has 4 nitrogen and oxygen atoms in total. The molecule has 120 valence electrons. The second-order valence-electron chi connectivity index (χ2n) is 6.16. The Bertz CT molecular complexity index is 865. The molecule has 0 saturated carbocycles. The summed E-state index contributed by atoms with van der Waals surface area (Å²) in [6.45, 7) is 7.12. The van der Waals surface area contributed by atoms with Gasteiger partial charge >= 0.3 is 0 Å². The fourth-order valence-corrected chi connectivity index (χ4v) is 2.84. The van der Waals surface area contributed by atoms with Gasteiger partial charge in [-0.1, -0.05) is 12.1 Å². The molecule has 0 unspecified atom stereocenters. The summed E-state index contributed by atoms with van der Waals surface area (Å²) >= 11 is 0. The maximum Gasteiger partial charge on any atom is 0.141 e. The van der Waals surface area contributed by atoms with Crippen LogP contribution in [-0.2, 0) is 6.54 Å². The van der Waals surface area contributed by atoms with Gasteiger partial charge in [0, 0.05) is 24.4 Å². The van der Waals surface area contributed by atoms with Gasteiger partial charge in [-0.2, -0.15) is 0 Å². The van der Waals surface area contributed by atoms with E-state index in [0.29, 0.717) is 6.42 Å². The monoisotopic (exact) mass is 309 g/mol. The zero-order valence-corrected chi connectivity index (χ0v) is 13.9. The molecule has 2 aromatic carbocycles. The third kappa shape index (κ3) is 2.82. The summed E-state index contributed by atoms with van der Waals surface area (Å²) < 4.78 is 2.18. The van der Waals surface area contributed by atoms with Crippen molar-refractivity contribution in [3.63, 3.8) is 0 Å². The van der Waals surface area contributed by atoms with E-state index in [1.165, 1.54) is 11.1 Å². The number of imidazole rings is 1. The van der Waals surface area contributed by atoms with Gasteiger partial charge in [0.05, 0.1) is 11.0 Å². The summed E-state index contributed by atoms with van der Waals surface area (Å²) in [6, 6.07) is 10.4. The highest BCUT2D eigenvalue weighted by Crippen LogP contribution is 2.29. The van der Waals surface area contributed by atoms with Gasteiger partial charge in [-0.3, -0.25) is 0 Å². The van der Waals surface area contributed by atoms with Crippen LogP contribution in [0.1, 0.15) is 23.1 Å². The lowest BCUT2D eigenvalue weighted by Gasteiger charge is -2.10. The molecule has 0 fully saturated rings. The zero-order valence-electron chi connectivity index (χ0n) is 13.9. The van der Waals surface area contributed by atoms with E-state index in [1.54, 1.807) is 0 Å². The Labute approximate surface area is 136 Å². The summed E-state index contributed by atoms with van der Waals surface area (Å²) in [5.74, 6) is 0.908. The molecule has 4 heteroatoms. The zero-order chi connectivity index (χ0) is 16.6. The van der Waals surface area contributed by atoms with Crippen molar-refractivity contribution in [1.82, 2.24) is 9.55 Å². The molecule has 0 radical (unpaired) electrons. The summed E-state index contributed by atoms with van der Waals surface area (Å²) in [5, 5.41) is 9.22.